The van der Waals surface area contributed by atoms with Crippen molar-refractivity contribution in [3.05, 3.63) is 59.1 Å². The predicted octanol–water partition coefficient (Wildman–Crippen LogP) is 5.88. The van der Waals surface area contributed by atoms with Gasteiger partial charge in [0.1, 0.15) is 17.0 Å². The number of halogens is 1. The molecule has 0 fully saturated rings. The summed E-state index contributed by atoms with van der Waals surface area (Å²) in [6.45, 7) is 9.20. The fourth-order valence-electron chi connectivity index (χ4n) is 3.97. The molecule has 1 aliphatic rings. The molecule has 3 rings (SSSR count). The van der Waals surface area contributed by atoms with E-state index in [1.807, 2.05) is 32.0 Å². The van der Waals surface area contributed by atoms with Gasteiger partial charge in [-0.3, -0.25) is 4.79 Å². The van der Waals surface area contributed by atoms with Crippen LogP contribution >= 0.6 is 0 Å². The standard InChI is InChI=1S/C25H29FO4/c1-7-15-13-16(17-10-12-19(26)20(14-17)29-6)9-11-18(15)21-22(27)24(3,4)30-25(5,8-2)23(21)28/h9-14,28H,7-8H2,1-6H3. The van der Waals surface area contributed by atoms with Crippen molar-refractivity contribution in [3.8, 4) is 16.9 Å². The maximum Gasteiger partial charge on any atom is 0.198 e. The summed E-state index contributed by atoms with van der Waals surface area (Å²) in [6.07, 6.45) is 1.20. The average molecular weight is 413 g/mol. The van der Waals surface area contributed by atoms with E-state index in [0.717, 1.165) is 16.7 Å². The highest BCUT2D eigenvalue weighted by Crippen LogP contribution is 2.43. The minimum Gasteiger partial charge on any atom is -0.508 e. The number of hydrogen-bond acceptors (Lipinski definition) is 4. The number of methoxy groups -OCH3 is 1. The zero-order chi connectivity index (χ0) is 22.3. The fourth-order valence-corrected chi connectivity index (χ4v) is 3.97. The van der Waals surface area contributed by atoms with Crippen LogP contribution in [0.5, 0.6) is 5.75 Å². The molecule has 1 heterocycles. The number of carbonyl (C=O) groups excluding carboxylic acids is 1. The van der Waals surface area contributed by atoms with Crippen LogP contribution in [-0.4, -0.2) is 29.2 Å². The Kier molecular flexibility index (Phi) is 5.79. The second-order valence-corrected chi connectivity index (χ2v) is 8.32. The van der Waals surface area contributed by atoms with E-state index >= 15 is 0 Å². The van der Waals surface area contributed by atoms with Gasteiger partial charge in [0, 0.05) is 0 Å². The monoisotopic (exact) mass is 412 g/mol. The Labute approximate surface area is 177 Å². The number of Topliss-reactive ketones (excluding diaryl/α,β-unsaturated/α-hetero) is 1. The number of aliphatic hydroxyl groups is 1. The van der Waals surface area contributed by atoms with Crippen LogP contribution in [0.15, 0.2) is 42.2 Å². The molecular weight excluding hydrogens is 383 g/mol. The van der Waals surface area contributed by atoms with Crippen molar-refractivity contribution >= 4 is 11.4 Å². The first kappa shape index (κ1) is 22.0. The van der Waals surface area contributed by atoms with Crippen LogP contribution < -0.4 is 4.74 Å². The number of ketones is 1. The molecule has 5 heteroatoms. The predicted molar refractivity (Wildman–Crippen MR) is 116 cm³/mol. The molecule has 0 saturated carbocycles. The third kappa shape index (κ3) is 3.63. The highest BCUT2D eigenvalue weighted by Gasteiger charge is 2.48. The van der Waals surface area contributed by atoms with E-state index < -0.39 is 17.0 Å². The molecule has 0 saturated heterocycles. The number of carbonyl (C=O) groups is 1. The van der Waals surface area contributed by atoms with Crippen molar-refractivity contribution in [2.24, 2.45) is 0 Å². The number of aryl methyl sites for hydroxylation is 1. The normalized spacial score (nSPS) is 21.1. The van der Waals surface area contributed by atoms with E-state index in [2.05, 4.69) is 0 Å². The first-order valence-electron chi connectivity index (χ1n) is 10.2. The minimum atomic E-state index is -1.04. The molecule has 160 valence electrons. The molecule has 0 aromatic heterocycles. The number of benzene rings is 2. The van der Waals surface area contributed by atoms with E-state index in [1.165, 1.54) is 13.2 Å². The lowest BCUT2D eigenvalue weighted by atomic mass is 9.79. The Hall–Kier alpha value is -2.66. The lowest BCUT2D eigenvalue weighted by Crippen LogP contribution is -2.50. The molecule has 2 aromatic rings. The van der Waals surface area contributed by atoms with Crippen molar-refractivity contribution in [1.82, 2.24) is 0 Å². The fraction of sp³-hybridized carbons (Fsp3) is 0.400. The third-order valence-electron chi connectivity index (χ3n) is 5.91. The number of ether oxygens (including phenoxy) is 2. The van der Waals surface area contributed by atoms with E-state index in [9.17, 15) is 14.3 Å². The van der Waals surface area contributed by atoms with Crippen molar-refractivity contribution in [3.63, 3.8) is 0 Å². The second kappa shape index (κ2) is 7.88. The molecule has 1 atom stereocenters. The van der Waals surface area contributed by atoms with Crippen LogP contribution in [0, 0.1) is 5.82 Å². The van der Waals surface area contributed by atoms with Gasteiger partial charge in [0.05, 0.1) is 12.7 Å². The summed E-state index contributed by atoms with van der Waals surface area (Å²) < 4.78 is 24.9. The van der Waals surface area contributed by atoms with Gasteiger partial charge in [-0.2, -0.15) is 0 Å². The van der Waals surface area contributed by atoms with Crippen LogP contribution in [0.2, 0.25) is 0 Å². The molecule has 4 nitrogen and oxygen atoms in total. The highest BCUT2D eigenvalue weighted by molar-refractivity contribution is 6.26. The molecule has 30 heavy (non-hydrogen) atoms. The summed E-state index contributed by atoms with van der Waals surface area (Å²) in [5.74, 6) is -0.510. The van der Waals surface area contributed by atoms with Gasteiger partial charge < -0.3 is 14.6 Å². The Morgan fingerprint density at radius 2 is 1.70 bits per heavy atom. The summed E-state index contributed by atoms with van der Waals surface area (Å²) in [4.78, 5) is 13.2. The van der Waals surface area contributed by atoms with Crippen LogP contribution in [0.25, 0.3) is 16.7 Å². The Bertz CT molecular complexity index is 1020. The lowest BCUT2D eigenvalue weighted by molar-refractivity contribution is -0.162. The molecule has 0 radical (unpaired) electrons. The van der Waals surface area contributed by atoms with Crippen LogP contribution in [0.3, 0.4) is 0 Å². The minimum absolute atomic E-state index is 0.0276. The lowest BCUT2D eigenvalue weighted by Gasteiger charge is -2.42. The molecule has 1 aliphatic heterocycles. The molecule has 0 amide bonds. The smallest absolute Gasteiger partial charge is 0.198 e. The van der Waals surface area contributed by atoms with Gasteiger partial charge in [0.25, 0.3) is 0 Å². The molecular formula is C25H29FO4. The van der Waals surface area contributed by atoms with E-state index in [0.29, 0.717) is 24.0 Å². The highest BCUT2D eigenvalue weighted by atomic mass is 19.1. The Morgan fingerprint density at radius 3 is 2.30 bits per heavy atom. The first-order valence-corrected chi connectivity index (χ1v) is 10.2. The summed E-state index contributed by atoms with van der Waals surface area (Å²) in [5.41, 5.74) is 1.66. The van der Waals surface area contributed by atoms with Crippen LogP contribution in [0.1, 0.15) is 52.2 Å². The molecule has 1 N–H and O–H groups in total. The van der Waals surface area contributed by atoms with Gasteiger partial charge >= 0.3 is 0 Å². The Morgan fingerprint density at radius 1 is 1.07 bits per heavy atom. The quantitative estimate of drug-likeness (QED) is 0.666. The Balaban J connectivity index is 2.17. The topological polar surface area (TPSA) is 55.8 Å². The summed E-state index contributed by atoms with van der Waals surface area (Å²) in [5, 5.41) is 11.0. The van der Waals surface area contributed by atoms with E-state index in [4.69, 9.17) is 9.47 Å². The molecule has 2 aromatic carbocycles. The van der Waals surface area contributed by atoms with Crippen molar-refractivity contribution in [1.29, 1.82) is 0 Å². The third-order valence-corrected chi connectivity index (χ3v) is 5.91. The van der Waals surface area contributed by atoms with Crippen LogP contribution in [-0.2, 0) is 16.0 Å². The van der Waals surface area contributed by atoms with Crippen molar-refractivity contribution in [2.45, 2.75) is 58.7 Å². The maximum absolute atomic E-state index is 13.8. The zero-order valence-electron chi connectivity index (χ0n) is 18.4. The van der Waals surface area contributed by atoms with Crippen molar-refractivity contribution < 1.29 is 23.8 Å². The summed E-state index contributed by atoms with van der Waals surface area (Å²) in [6, 6.07) is 10.4. The number of hydrogen-bond donors (Lipinski definition) is 1. The van der Waals surface area contributed by atoms with Gasteiger partial charge in [0.2, 0.25) is 0 Å². The average Bonchev–Trinajstić information content (AvgIpc) is 2.73. The summed E-state index contributed by atoms with van der Waals surface area (Å²) >= 11 is 0. The van der Waals surface area contributed by atoms with Gasteiger partial charge in [0.15, 0.2) is 17.3 Å². The molecule has 0 spiro atoms. The molecule has 0 aliphatic carbocycles. The van der Waals surface area contributed by atoms with Gasteiger partial charge in [-0.15, -0.1) is 0 Å². The first-order chi connectivity index (χ1) is 14.1. The van der Waals surface area contributed by atoms with Gasteiger partial charge in [-0.1, -0.05) is 38.1 Å². The second-order valence-electron chi connectivity index (χ2n) is 8.32. The van der Waals surface area contributed by atoms with E-state index in [-0.39, 0.29) is 17.3 Å². The summed E-state index contributed by atoms with van der Waals surface area (Å²) in [7, 11) is 1.43. The largest absolute Gasteiger partial charge is 0.508 e. The van der Waals surface area contributed by atoms with E-state index in [1.54, 1.807) is 32.9 Å². The molecule has 0 bridgehead atoms. The maximum atomic E-state index is 13.8. The number of rotatable bonds is 5. The zero-order valence-corrected chi connectivity index (χ0v) is 18.4. The van der Waals surface area contributed by atoms with Gasteiger partial charge in [-0.05, 0) is 68.0 Å². The molecule has 1 unspecified atom stereocenters. The number of aliphatic hydroxyl groups excluding tert-OH is 1. The SMILES string of the molecule is CCc1cc(-c2ccc(F)c(OC)c2)ccc1C1=C(O)C(C)(CC)OC(C)(C)C1=O. The van der Waals surface area contributed by atoms with Crippen molar-refractivity contribution in [2.75, 3.05) is 7.11 Å². The van der Waals surface area contributed by atoms with Crippen LogP contribution in [0.4, 0.5) is 4.39 Å². The van der Waals surface area contributed by atoms with Gasteiger partial charge in [-0.25, -0.2) is 4.39 Å².